The number of rotatable bonds is 3. The Labute approximate surface area is 136 Å². The number of halogens is 3. The predicted molar refractivity (Wildman–Crippen MR) is 84.2 cm³/mol. The molecule has 23 heavy (non-hydrogen) atoms. The highest BCUT2D eigenvalue weighted by molar-refractivity contribution is 7.15. The number of hydrogen-bond acceptors (Lipinski definition) is 4. The van der Waals surface area contributed by atoms with Gasteiger partial charge in [0.1, 0.15) is 0 Å². The van der Waals surface area contributed by atoms with Crippen LogP contribution in [-0.2, 0) is 12.6 Å². The summed E-state index contributed by atoms with van der Waals surface area (Å²) < 4.78 is 37.7. The Morgan fingerprint density at radius 3 is 2.30 bits per heavy atom. The van der Waals surface area contributed by atoms with Crippen LogP contribution in [0, 0.1) is 0 Å². The molecule has 8 heteroatoms. The third-order valence-corrected chi connectivity index (χ3v) is 5.20. The van der Waals surface area contributed by atoms with Gasteiger partial charge in [-0.1, -0.05) is 23.5 Å². The summed E-state index contributed by atoms with van der Waals surface area (Å²) in [5.74, 6) is -0.135. The molecule has 1 aromatic carbocycles. The van der Waals surface area contributed by atoms with Gasteiger partial charge in [0.15, 0.2) is 0 Å². The maximum atomic E-state index is 12.6. The number of H-pyrrole nitrogens is 1. The van der Waals surface area contributed by atoms with Gasteiger partial charge in [0.05, 0.1) is 10.4 Å². The van der Waals surface area contributed by atoms with Gasteiger partial charge >= 0.3 is 11.0 Å². The quantitative estimate of drug-likeness (QED) is 0.726. The van der Waals surface area contributed by atoms with Crippen LogP contribution < -0.4 is 4.87 Å². The van der Waals surface area contributed by atoms with Crippen LogP contribution >= 0.6 is 22.7 Å². The standard InChI is InChI=1S/C15H10F3NO2S2/c16-15(17,18)9-3-1-8(2-4-9)11-6-5-10(22-11)7-12-13(20)19-14(21)23-12/h1-6,20H,7H2,(H,19,21). The lowest BCUT2D eigenvalue weighted by atomic mass is 10.1. The van der Waals surface area contributed by atoms with Crippen molar-refractivity contribution in [3.63, 3.8) is 0 Å². The van der Waals surface area contributed by atoms with Crippen molar-refractivity contribution in [3.05, 3.63) is 61.4 Å². The van der Waals surface area contributed by atoms with E-state index in [0.29, 0.717) is 16.9 Å². The van der Waals surface area contributed by atoms with E-state index < -0.39 is 11.7 Å². The Morgan fingerprint density at radius 1 is 1.04 bits per heavy atom. The van der Waals surface area contributed by atoms with Crippen LogP contribution in [-0.4, -0.2) is 10.1 Å². The minimum absolute atomic E-state index is 0.135. The number of aromatic nitrogens is 1. The fourth-order valence-corrected chi connectivity index (χ4v) is 3.95. The zero-order chi connectivity index (χ0) is 16.6. The molecule has 120 valence electrons. The summed E-state index contributed by atoms with van der Waals surface area (Å²) in [5.41, 5.74) is 0.0146. The molecule has 0 atom stereocenters. The van der Waals surface area contributed by atoms with E-state index >= 15 is 0 Å². The number of aromatic amines is 1. The Bertz CT molecular complexity index is 875. The second-order valence-corrected chi connectivity index (χ2v) is 7.04. The molecule has 0 saturated heterocycles. The number of nitrogens with one attached hydrogen (secondary N) is 1. The molecule has 2 heterocycles. The zero-order valence-corrected chi connectivity index (χ0v) is 13.1. The molecule has 0 fully saturated rings. The summed E-state index contributed by atoms with van der Waals surface area (Å²) in [4.78, 5) is 15.4. The van der Waals surface area contributed by atoms with E-state index in [9.17, 15) is 23.1 Å². The Morgan fingerprint density at radius 2 is 1.74 bits per heavy atom. The Hall–Kier alpha value is -2.06. The number of alkyl halides is 3. The van der Waals surface area contributed by atoms with Crippen LogP contribution in [0.2, 0.25) is 0 Å². The smallest absolute Gasteiger partial charge is 0.416 e. The first kappa shape index (κ1) is 15.8. The van der Waals surface area contributed by atoms with Crippen LogP contribution in [0.4, 0.5) is 13.2 Å². The fraction of sp³-hybridized carbons (Fsp3) is 0.133. The lowest BCUT2D eigenvalue weighted by Gasteiger charge is -2.06. The van der Waals surface area contributed by atoms with Gasteiger partial charge < -0.3 is 5.11 Å². The van der Waals surface area contributed by atoms with E-state index in [2.05, 4.69) is 4.98 Å². The molecular formula is C15H10F3NO2S2. The summed E-state index contributed by atoms with van der Waals surface area (Å²) in [6.45, 7) is 0. The number of benzene rings is 1. The molecule has 0 aliphatic carbocycles. The molecule has 0 spiro atoms. The molecule has 0 unspecified atom stereocenters. The average Bonchev–Trinajstić information content (AvgIpc) is 3.06. The predicted octanol–water partition coefficient (Wildman–Crippen LogP) is 4.48. The van der Waals surface area contributed by atoms with Gasteiger partial charge in [0.25, 0.3) is 0 Å². The third kappa shape index (κ3) is 3.48. The normalized spacial score (nSPS) is 11.8. The van der Waals surface area contributed by atoms with Gasteiger partial charge in [-0.15, -0.1) is 11.3 Å². The number of hydrogen-bond donors (Lipinski definition) is 2. The average molecular weight is 357 g/mol. The monoisotopic (exact) mass is 357 g/mol. The summed E-state index contributed by atoms with van der Waals surface area (Å²) in [7, 11) is 0. The minimum Gasteiger partial charge on any atom is -0.494 e. The van der Waals surface area contributed by atoms with E-state index in [0.717, 1.165) is 33.2 Å². The number of aromatic hydroxyl groups is 1. The number of thiophene rings is 1. The lowest BCUT2D eigenvalue weighted by Crippen LogP contribution is -2.03. The van der Waals surface area contributed by atoms with E-state index in [1.807, 2.05) is 12.1 Å². The van der Waals surface area contributed by atoms with Crippen molar-refractivity contribution in [2.24, 2.45) is 0 Å². The maximum Gasteiger partial charge on any atom is 0.416 e. The molecule has 2 N–H and O–H groups in total. The molecule has 2 aromatic heterocycles. The van der Waals surface area contributed by atoms with Crippen molar-refractivity contribution in [1.29, 1.82) is 0 Å². The molecular weight excluding hydrogens is 347 g/mol. The highest BCUT2D eigenvalue weighted by Gasteiger charge is 2.30. The molecule has 3 nitrogen and oxygen atoms in total. The third-order valence-electron chi connectivity index (χ3n) is 3.19. The van der Waals surface area contributed by atoms with E-state index in [1.165, 1.54) is 23.5 Å². The molecule has 0 aliphatic heterocycles. The second-order valence-electron chi connectivity index (χ2n) is 4.80. The van der Waals surface area contributed by atoms with E-state index in [-0.39, 0.29) is 10.8 Å². The highest BCUT2D eigenvalue weighted by Crippen LogP contribution is 2.34. The van der Waals surface area contributed by atoms with Crippen molar-refractivity contribution in [3.8, 4) is 16.3 Å². The molecule has 3 aromatic rings. The zero-order valence-electron chi connectivity index (χ0n) is 11.5. The van der Waals surface area contributed by atoms with Crippen molar-refractivity contribution < 1.29 is 18.3 Å². The molecule has 3 rings (SSSR count). The van der Waals surface area contributed by atoms with Crippen LogP contribution in [0.15, 0.2) is 41.2 Å². The van der Waals surface area contributed by atoms with E-state index in [1.54, 1.807) is 0 Å². The van der Waals surface area contributed by atoms with E-state index in [4.69, 9.17) is 0 Å². The minimum atomic E-state index is -4.34. The van der Waals surface area contributed by atoms with Crippen molar-refractivity contribution in [1.82, 2.24) is 4.98 Å². The topological polar surface area (TPSA) is 53.1 Å². The molecule has 0 bridgehead atoms. The van der Waals surface area contributed by atoms with Gasteiger partial charge in [0, 0.05) is 16.2 Å². The molecule has 0 amide bonds. The van der Waals surface area contributed by atoms with Gasteiger partial charge in [-0.25, -0.2) is 0 Å². The molecule has 0 aliphatic rings. The Kier molecular flexibility index (Phi) is 4.03. The van der Waals surface area contributed by atoms with Crippen LogP contribution in [0.3, 0.4) is 0 Å². The van der Waals surface area contributed by atoms with Gasteiger partial charge in [-0.2, -0.15) is 13.2 Å². The first-order valence-corrected chi connectivity index (χ1v) is 8.13. The fourth-order valence-electron chi connectivity index (χ4n) is 2.08. The van der Waals surface area contributed by atoms with Gasteiger partial charge in [0.2, 0.25) is 5.88 Å². The van der Waals surface area contributed by atoms with Crippen LogP contribution in [0.1, 0.15) is 15.3 Å². The summed E-state index contributed by atoms with van der Waals surface area (Å²) >= 11 is 2.35. The first-order valence-electron chi connectivity index (χ1n) is 6.50. The maximum absolute atomic E-state index is 12.6. The van der Waals surface area contributed by atoms with Crippen LogP contribution in [0.5, 0.6) is 5.88 Å². The molecule has 0 saturated carbocycles. The second kappa shape index (κ2) is 5.86. The van der Waals surface area contributed by atoms with Crippen molar-refractivity contribution in [2.75, 3.05) is 0 Å². The highest BCUT2D eigenvalue weighted by atomic mass is 32.1. The van der Waals surface area contributed by atoms with Crippen molar-refractivity contribution in [2.45, 2.75) is 12.6 Å². The SMILES string of the molecule is O=c1[nH]c(O)c(Cc2ccc(-c3ccc(C(F)(F)F)cc3)s2)s1. The lowest BCUT2D eigenvalue weighted by molar-refractivity contribution is -0.137. The summed E-state index contributed by atoms with van der Waals surface area (Å²) in [6, 6.07) is 8.63. The van der Waals surface area contributed by atoms with Crippen molar-refractivity contribution >= 4 is 22.7 Å². The number of thiazole rings is 1. The summed E-state index contributed by atoms with van der Waals surface area (Å²) in [5, 5.41) is 9.58. The van der Waals surface area contributed by atoms with Gasteiger partial charge in [-0.3, -0.25) is 9.78 Å². The summed E-state index contributed by atoms with van der Waals surface area (Å²) in [6.07, 6.45) is -3.94. The first-order chi connectivity index (χ1) is 10.8. The molecule has 0 radical (unpaired) electrons. The van der Waals surface area contributed by atoms with Gasteiger partial charge in [-0.05, 0) is 29.8 Å². The Balaban J connectivity index is 1.81. The largest absolute Gasteiger partial charge is 0.494 e. The van der Waals surface area contributed by atoms with Crippen LogP contribution in [0.25, 0.3) is 10.4 Å².